The molecule has 0 saturated heterocycles. The minimum absolute atomic E-state index is 0.160. The molecule has 0 fully saturated rings. The van der Waals surface area contributed by atoms with E-state index in [4.69, 9.17) is 0 Å². The molecule has 1 atom stereocenters. The standard InChI is InChI=1S/C26H20N2O3S/c29-25(26-27-22-14-6-7-15-23(22)28-26)21(19-9-2-1-3-10-19)17-32(30,31)24-16-8-12-18-11-4-5-13-20(18)24/h1-16,21H,17H2,(H,27,28). The lowest BCUT2D eigenvalue weighted by atomic mass is 9.96. The van der Waals surface area contributed by atoms with Gasteiger partial charge in [0.2, 0.25) is 5.78 Å². The first-order chi connectivity index (χ1) is 15.5. The van der Waals surface area contributed by atoms with Crippen LogP contribution in [-0.2, 0) is 9.84 Å². The molecule has 1 aromatic heterocycles. The Labute approximate surface area is 185 Å². The molecule has 5 nitrogen and oxygen atoms in total. The fourth-order valence-electron chi connectivity index (χ4n) is 4.02. The zero-order valence-electron chi connectivity index (χ0n) is 17.1. The number of Topliss-reactive ketones (excluding diaryl/α,β-unsaturated/α-hetero) is 1. The maximum atomic E-state index is 13.6. The Balaban J connectivity index is 1.59. The average molecular weight is 441 g/mol. The first-order valence-electron chi connectivity index (χ1n) is 10.3. The SMILES string of the molecule is O=C(c1nc2ccccc2[nH]1)C(CS(=O)(=O)c1cccc2ccccc12)c1ccccc1. The molecule has 1 unspecified atom stereocenters. The van der Waals surface area contributed by atoms with Gasteiger partial charge in [-0.1, -0.05) is 78.9 Å². The fourth-order valence-corrected chi connectivity index (χ4v) is 5.79. The Bertz CT molecular complexity index is 1500. The van der Waals surface area contributed by atoms with Crippen LogP contribution >= 0.6 is 0 Å². The van der Waals surface area contributed by atoms with Crippen molar-refractivity contribution in [1.82, 2.24) is 9.97 Å². The number of carbonyl (C=O) groups excluding carboxylic acids is 1. The molecule has 0 aliphatic carbocycles. The van der Waals surface area contributed by atoms with Crippen LogP contribution in [0, 0.1) is 0 Å². The van der Waals surface area contributed by atoms with Crippen molar-refractivity contribution in [1.29, 1.82) is 0 Å². The Morgan fingerprint density at radius 3 is 2.31 bits per heavy atom. The predicted octanol–water partition coefficient (Wildman–Crippen LogP) is 5.16. The summed E-state index contributed by atoms with van der Waals surface area (Å²) >= 11 is 0. The van der Waals surface area contributed by atoms with E-state index in [1.165, 1.54) is 0 Å². The van der Waals surface area contributed by atoms with Crippen molar-refractivity contribution in [3.8, 4) is 0 Å². The quantitative estimate of drug-likeness (QED) is 0.370. The molecule has 158 valence electrons. The van der Waals surface area contributed by atoms with Crippen molar-refractivity contribution in [2.24, 2.45) is 0 Å². The summed E-state index contributed by atoms with van der Waals surface area (Å²) in [4.78, 5) is 21.2. The normalized spacial score (nSPS) is 12.8. The molecular weight excluding hydrogens is 420 g/mol. The van der Waals surface area contributed by atoms with Gasteiger partial charge >= 0.3 is 0 Å². The second-order valence-electron chi connectivity index (χ2n) is 7.69. The predicted molar refractivity (Wildman–Crippen MR) is 126 cm³/mol. The van der Waals surface area contributed by atoms with Crippen LogP contribution in [0.25, 0.3) is 21.8 Å². The summed E-state index contributed by atoms with van der Waals surface area (Å²) in [6.07, 6.45) is 0. The van der Waals surface area contributed by atoms with Crippen LogP contribution in [0.2, 0.25) is 0 Å². The molecule has 0 saturated carbocycles. The Morgan fingerprint density at radius 2 is 1.50 bits per heavy atom. The Kier molecular flexibility index (Phi) is 5.07. The number of carbonyl (C=O) groups is 1. The molecule has 0 spiro atoms. The third kappa shape index (κ3) is 3.69. The summed E-state index contributed by atoms with van der Waals surface area (Å²) in [5, 5.41) is 1.49. The summed E-state index contributed by atoms with van der Waals surface area (Å²) in [5.74, 6) is -1.42. The second-order valence-corrected chi connectivity index (χ2v) is 9.69. The van der Waals surface area contributed by atoms with Gasteiger partial charge in [-0.15, -0.1) is 0 Å². The van der Waals surface area contributed by atoms with Crippen molar-refractivity contribution in [3.05, 3.63) is 108 Å². The zero-order chi connectivity index (χ0) is 22.1. The van der Waals surface area contributed by atoms with E-state index in [0.29, 0.717) is 16.5 Å². The van der Waals surface area contributed by atoms with Crippen LogP contribution in [0.1, 0.15) is 22.1 Å². The van der Waals surface area contributed by atoms with Gasteiger partial charge in [-0.3, -0.25) is 4.79 Å². The number of rotatable bonds is 6. The van der Waals surface area contributed by atoms with Crippen molar-refractivity contribution < 1.29 is 13.2 Å². The molecular formula is C26H20N2O3S. The molecule has 4 aromatic carbocycles. The molecule has 0 radical (unpaired) electrons. The number of para-hydroxylation sites is 2. The van der Waals surface area contributed by atoms with Gasteiger partial charge in [0.25, 0.3) is 0 Å². The molecule has 6 heteroatoms. The average Bonchev–Trinajstić information content (AvgIpc) is 3.27. The molecule has 5 rings (SSSR count). The number of benzene rings is 4. The molecule has 0 aliphatic heterocycles. The minimum atomic E-state index is -3.78. The number of H-pyrrole nitrogens is 1. The smallest absolute Gasteiger partial charge is 0.206 e. The van der Waals surface area contributed by atoms with Crippen molar-refractivity contribution in [3.63, 3.8) is 0 Å². The lowest BCUT2D eigenvalue weighted by molar-refractivity contribution is 0.0958. The molecule has 0 amide bonds. The third-order valence-electron chi connectivity index (χ3n) is 5.61. The molecule has 5 aromatic rings. The maximum Gasteiger partial charge on any atom is 0.206 e. The molecule has 1 N–H and O–H groups in total. The van der Waals surface area contributed by atoms with Crippen LogP contribution < -0.4 is 0 Å². The summed E-state index contributed by atoms with van der Waals surface area (Å²) < 4.78 is 27.1. The van der Waals surface area contributed by atoms with E-state index in [2.05, 4.69) is 9.97 Å². The third-order valence-corrected chi connectivity index (χ3v) is 7.41. The second kappa shape index (κ2) is 8.05. The van der Waals surface area contributed by atoms with E-state index in [1.807, 2.05) is 54.6 Å². The molecule has 1 heterocycles. The first kappa shape index (κ1) is 20.2. The van der Waals surface area contributed by atoms with E-state index in [1.54, 1.807) is 42.5 Å². The number of aromatic amines is 1. The number of nitrogens with zero attached hydrogens (tertiary/aromatic N) is 1. The van der Waals surface area contributed by atoms with Gasteiger partial charge in [0.05, 0.1) is 27.6 Å². The van der Waals surface area contributed by atoms with Crippen LogP contribution in [0.3, 0.4) is 0 Å². The number of hydrogen-bond donors (Lipinski definition) is 1. The Morgan fingerprint density at radius 1 is 0.812 bits per heavy atom. The van der Waals surface area contributed by atoms with Gasteiger partial charge in [0, 0.05) is 5.39 Å². The van der Waals surface area contributed by atoms with Crippen LogP contribution in [0.5, 0.6) is 0 Å². The van der Waals surface area contributed by atoms with Crippen LogP contribution in [0.15, 0.2) is 102 Å². The van der Waals surface area contributed by atoms with Crippen molar-refractivity contribution >= 4 is 37.4 Å². The van der Waals surface area contributed by atoms with Crippen molar-refractivity contribution in [2.75, 3.05) is 5.75 Å². The van der Waals surface area contributed by atoms with Gasteiger partial charge in [-0.05, 0) is 29.1 Å². The summed E-state index contributed by atoms with van der Waals surface area (Å²) in [6, 6.07) is 28.9. The largest absolute Gasteiger partial charge is 0.335 e. The highest BCUT2D eigenvalue weighted by Gasteiger charge is 2.31. The van der Waals surface area contributed by atoms with Crippen LogP contribution in [0.4, 0.5) is 0 Å². The first-order valence-corrected chi connectivity index (χ1v) is 11.9. The monoisotopic (exact) mass is 440 g/mol. The summed E-state index contributed by atoms with van der Waals surface area (Å²) in [7, 11) is -3.78. The number of hydrogen-bond acceptors (Lipinski definition) is 4. The number of aromatic nitrogens is 2. The number of fused-ring (bicyclic) bond motifs is 2. The molecule has 0 aliphatic rings. The fraction of sp³-hybridized carbons (Fsp3) is 0.0769. The minimum Gasteiger partial charge on any atom is -0.335 e. The number of nitrogens with one attached hydrogen (secondary N) is 1. The molecule has 0 bridgehead atoms. The highest BCUT2D eigenvalue weighted by atomic mass is 32.2. The lowest BCUT2D eigenvalue weighted by Gasteiger charge is -2.16. The lowest BCUT2D eigenvalue weighted by Crippen LogP contribution is -2.23. The van der Waals surface area contributed by atoms with Crippen LogP contribution in [-0.4, -0.2) is 29.9 Å². The topological polar surface area (TPSA) is 79.9 Å². The number of imidazole rings is 1. The summed E-state index contributed by atoms with van der Waals surface area (Å²) in [5.41, 5.74) is 2.04. The number of ketones is 1. The van der Waals surface area contributed by atoms with E-state index < -0.39 is 15.8 Å². The van der Waals surface area contributed by atoms with Gasteiger partial charge in [-0.2, -0.15) is 0 Å². The van der Waals surface area contributed by atoms with E-state index in [0.717, 1.165) is 10.9 Å². The maximum absolute atomic E-state index is 13.6. The van der Waals surface area contributed by atoms with Gasteiger partial charge in [0.1, 0.15) is 0 Å². The van der Waals surface area contributed by atoms with Gasteiger partial charge in [-0.25, -0.2) is 13.4 Å². The van der Waals surface area contributed by atoms with E-state index in [9.17, 15) is 13.2 Å². The Hall–Kier alpha value is -3.77. The van der Waals surface area contributed by atoms with Gasteiger partial charge < -0.3 is 4.98 Å². The summed E-state index contributed by atoms with van der Waals surface area (Å²) in [6.45, 7) is 0. The van der Waals surface area contributed by atoms with E-state index in [-0.39, 0.29) is 22.3 Å². The number of sulfone groups is 1. The highest BCUT2D eigenvalue weighted by Crippen LogP contribution is 2.29. The van der Waals surface area contributed by atoms with Crippen molar-refractivity contribution in [2.45, 2.75) is 10.8 Å². The van der Waals surface area contributed by atoms with Gasteiger partial charge in [0.15, 0.2) is 15.7 Å². The van der Waals surface area contributed by atoms with E-state index >= 15 is 0 Å². The zero-order valence-corrected chi connectivity index (χ0v) is 17.9. The highest BCUT2D eigenvalue weighted by molar-refractivity contribution is 7.91. The molecule has 32 heavy (non-hydrogen) atoms.